The van der Waals surface area contributed by atoms with Crippen LogP contribution in [0, 0.1) is 27.2 Å². The molecule has 6 aromatic carbocycles. The molecule has 1 heterocycles. The predicted molar refractivity (Wildman–Crippen MR) is 211 cm³/mol. The quantitative estimate of drug-likeness (QED) is 0.128. The largest absolute Gasteiger partial charge is 0.416 e. The maximum Gasteiger partial charge on any atom is 0.416 e. The van der Waals surface area contributed by atoms with E-state index in [0.717, 1.165) is 34.0 Å². The fourth-order valence-electron chi connectivity index (χ4n) is 6.14. The van der Waals surface area contributed by atoms with E-state index in [4.69, 9.17) is 0 Å². The van der Waals surface area contributed by atoms with E-state index in [1.165, 1.54) is 28.8 Å². The Morgan fingerprint density at radius 2 is 1.31 bits per heavy atom. The van der Waals surface area contributed by atoms with Gasteiger partial charge >= 0.3 is 6.18 Å². The van der Waals surface area contributed by atoms with Gasteiger partial charge in [0.15, 0.2) is 0 Å². The molecule has 0 amide bonds. The van der Waals surface area contributed by atoms with Crippen molar-refractivity contribution in [2.24, 2.45) is 0 Å². The lowest BCUT2D eigenvalue weighted by Crippen LogP contribution is -2.05. The third-order valence-electron chi connectivity index (χ3n) is 8.73. The first-order chi connectivity index (χ1) is 25.9. The van der Waals surface area contributed by atoms with Crippen LogP contribution in [0.4, 0.5) is 24.5 Å². The molecule has 8 rings (SSSR count). The van der Waals surface area contributed by atoms with E-state index in [9.17, 15) is 33.4 Å². The third-order valence-corrected chi connectivity index (χ3v) is 9.22. The minimum Gasteiger partial charge on any atom is -0.317 e. The predicted octanol–water partition coefficient (Wildman–Crippen LogP) is 12.8. The molecule has 1 aliphatic carbocycles. The summed E-state index contributed by atoms with van der Waals surface area (Å²) in [6.07, 6.45) is 2.34. The maximum atomic E-state index is 13.1. The van der Waals surface area contributed by atoms with Crippen LogP contribution in [-0.4, -0.2) is 14.4 Å². The summed E-state index contributed by atoms with van der Waals surface area (Å²) < 4.78 is 42.0. The highest BCUT2D eigenvalue weighted by Gasteiger charge is 2.30. The molecule has 7 nitrogen and oxygen atoms in total. The zero-order valence-electron chi connectivity index (χ0n) is 28.7. The SMILES string of the molecule is Cc1cccc(Br)c1.O=[N+]([O-])c1ccccc1-c1ccc2c(c1)CC=C2.O=[N+]([O-])c1ccccc1-c1ccc2ccn(-c3cccc(C(F)(F)F)c3)c2c1. The standard InChI is InChI=1S/C21H13F3N2O2.C15H11NO2.C7H7Br/c22-21(23,24)16-4-3-5-17(13-16)25-11-10-14-8-9-15(12-20(14)25)18-6-1-2-7-19(18)26(27)28;17-16(18)15-7-2-1-6-14(15)13-9-8-11-4-3-5-12(11)10-13;1-6-3-2-4-7(8)5-6/h1-13H;1-4,6-10H,5H2;2-5H,1H3. The van der Waals surface area contributed by atoms with Gasteiger partial charge in [-0.05, 0) is 102 Å². The summed E-state index contributed by atoms with van der Waals surface area (Å²) in [6.45, 7) is 2.07. The van der Waals surface area contributed by atoms with Gasteiger partial charge in [-0.25, -0.2) is 0 Å². The van der Waals surface area contributed by atoms with Crippen molar-refractivity contribution in [3.8, 4) is 27.9 Å². The molecule has 0 saturated carbocycles. The number of nitro groups is 2. The van der Waals surface area contributed by atoms with Crippen molar-refractivity contribution in [3.63, 3.8) is 0 Å². The third kappa shape index (κ3) is 8.65. The molecule has 54 heavy (non-hydrogen) atoms. The second-order valence-corrected chi connectivity index (χ2v) is 13.3. The van der Waals surface area contributed by atoms with Crippen LogP contribution in [0.5, 0.6) is 0 Å². The fourth-order valence-corrected chi connectivity index (χ4v) is 6.65. The Hall–Kier alpha value is -6.33. The number of rotatable bonds is 5. The number of aryl methyl sites for hydroxylation is 1. The van der Waals surface area contributed by atoms with E-state index in [1.807, 2.05) is 36.4 Å². The summed E-state index contributed by atoms with van der Waals surface area (Å²) in [5.41, 5.74) is 6.80. The summed E-state index contributed by atoms with van der Waals surface area (Å²) in [5.74, 6) is 0. The molecular weight excluding hydrogens is 759 g/mol. The van der Waals surface area contributed by atoms with Crippen LogP contribution in [0.1, 0.15) is 22.3 Å². The molecule has 0 radical (unpaired) electrons. The van der Waals surface area contributed by atoms with Crippen molar-refractivity contribution in [1.29, 1.82) is 0 Å². The minimum absolute atomic E-state index is 0.0287. The first-order valence-corrected chi connectivity index (χ1v) is 17.5. The second kappa shape index (κ2) is 16.1. The van der Waals surface area contributed by atoms with Crippen LogP contribution >= 0.6 is 15.9 Å². The highest BCUT2D eigenvalue weighted by Crippen LogP contribution is 2.35. The Morgan fingerprint density at radius 3 is 1.93 bits per heavy atom. The van der Waals surface area contributed by atoms with Crippen molar-refractivity contribution >= 4 is 44.3 Å². The smallest absolute Gasteiger partial charge is 0.317 e. The Bertz CT molecular complexity index is 2510. The van der Waals surface area contributed by atoms with Crippen LogP contribution in [0.3, 0.4) is 0 Å². The zero-order valence-corrected chi connectivity index (χ0v) is 30.3. The lowest BCUT2D eigenvalue weighted by molar-refractivity contribution is -0.384. The van der Waals surface area contributed by atoms with Crippen molar-refractivity contribution < 1.29 is 23.0 Å². The number of alkyl halides is 3. The first kappa shape index (κ1) is 37.4. The highest BCUT2D eigenvalue weighted by atomic mass is 79.9. The van der Waals surface area contributed by atoms with Crippen molar-refractivity contribution in [1.82, 2.24) is 4.57 Å². The number of hydrogen-bond donors (Lipinski definition) is 0. The van der Waals surface area contributed by atoms with Gasteiger partial charge in [-0.15, -0.1) is 0 Å². The average Bonchev–Trinajstić information content (AvgIpc) is 3.82. The van der Waals surface area contributed by atoms with E-state index in [0.29, 0.717) is 27.9 Å². The number of aromatic nitrogens is 1. The summed E-state index contributed by atoms with van der Waals surface area (Å²) in [6, 6.07) is 39.6. The molecule has 0 aliphatic heterocycles. The van der Waals surface area contributed by atoms with Gasteiger partial charge in [0.1, 0.15) is 0 Å². The molecule has 0 saturated heterocycles. The average molecular weight is 791 g/mol. The topological polar surface area (TPSA) is 91.2 Å². The van der Waals surface area contributed by atoms with Gasteiger partial charge in [0.25, 0.3) is 11.4 Å². The van der Waals surface area contributed by atoms with Gasteiger partial charge in [-0.1, -0.05) is 100 Å². The Balaban J connectivity index is 0.000000162. The van der Waals surface area contributed by atoms with Crippen LogP contribution in [0.25, 0.3) is 44.9 Å². The van der Waals surface area contributed by atoms with E-state index in [-0.39, 0.29) is 16.3 Å². The highest BCUT2D eigenvalue weighted by molar-refractivity contribution is 9.10. The minimum atomic E-state index is -4.44. The summed E-state index contributed by atoms with van der Waals surface area (Å²) in [5, 5.41) is 23.2. The van der Waals surface area contributed by atoms with Gasteiger partial charge in [0.2, 0.25) is 0 Å². The molecule has 1 aromatic heterocycles. The Kier molecular flexibility index (Phi) is 11.2. The van der Waals surface area contributed by atoms with E-state index in [2.05, 4.69) is 47.1 Å². The normalized spacial score (nSPS) is 11.6. The molecule has 0 atom stereocenters. The molecule has 0 unspecified atom stereocenters. The number of halogens is 4. The second-order valence-electron chi connectivity index (χ2n) is 12.4. The van der Waals surface area contributed by atoms with Gasteiger partial charge in [-0.3, -0.25) is 20.2 Å². The van der Waals surface area contributed by atoms with Gasteiger partial charge in [-0.2, -0.15) is 13.2 Å². The Morgan fingerprint density at radius 1 is 0.685 bits per heavy atom. The van der Waals surface area contributed by atoms with Gasteiger partial charge in [0.05, 0.1) is 32.1 Å². The monoisotopic (exact) mass is 789 g/mol. The van der Waals surface area contributed by atoms with Gasteiger partial charge < -0.3 is 4.57 Å². The molecule has 0 N–H and O–H groups in total. The zero-order chi connectivity index (χ0) is 38.4. The van der Waals surface area contributed by atoms with Crippen LogP contribution in [-0.2, 0) is 12.6 Å². The number of para-hydroxylation sites is 2. The van der Waals surface area contributed by atoms with Crippen molar-refractivity contribution in [3.05, 3.63) is 199 Å². The first-order valence-electron chi connectivity index (χ1n) is 16.7. The maximum absolute atomic E-state index is 13.1. The van der Waals surface area contributed by atoms with Crippen molar-refractivity contribution in [2.75, 3.05) is 0 Å². The summed E-state index contributed by atoms with van der Waals surface area (Å²) >= 11 is 3.36. The number of benzene rings is 6. The lowest BCUT2D eigenvalue weighted by Gasteiger charge is -2.11. The van der Waals surface area contributed by atoms with Gasteiger partial charge in [0, 0.05) is 28.5 Å². The summed E-state index contributed by atoms with van der Waals surface area (Å²) in [7, 11) is 0. The molecule has 270 valence electrons. The number of nitrogens with zero attached hydrogens (tertiary/aromatic N) is 3. The van der Waals surface area contributed by atoms with E-state index < -0.39 is 16.7 Å². The van der Waals surface area contributed by atoms with E-state index in [1.54, 1.807) is 77.5 Å². The van der Waals surface area contributed by atoms with Crippen LogP contribution in [0.15, 0.2) is 156 Å². The summed E-state index contributed by atoms with van der Waals surface area (Å²) in [4.78, 5) is 21.6. The molecule has 7 aromatic rings. The molecular formula is C43H31BrF3N3O4. The Labute approximate surface area is 317 Å². The lowest BCUT2D eigenvalue weighted by atomic mass is 9.99. The fraction of sp³-hybridized carbons (Fsp3) is 0.0698. The number of fused-ring (bicyclic) bond motifs is 2. The number of hydrogen-bond acceptors (Lipinski definition) is 4. The van der Waals surface area contributed by atoms with E-state index >= 15 is 0 Å². The number of nitro benzene ring substituents is 2. The molecule has 0 spiro atoms. The molecule has 0 bridgehead atoms. The molecule has 0 fully saturated rings. The molecule has 1 aliphatic rings. The van der Waals surface area contributed by atoms with Crippen molar-refractivity contribution in [2.45, 2.75) is 19.5 Å². The number of allylic oxidation sites excluding steroid dienone is 1. The van der Waals surface area contributed by atoms with Crippen LogP contribution in [0.2, 0.25) is 0 Å². The van der Waals surface area contributed by atoms with Crippen LogP contribution < -0.4 is 0 Å². The molecule has 11 heteroatoms.